The van der Waals surface area contributed by atoms with Crippen LogP contribution in [0.2, 0.25) is 0 Å². The quantitative estimate of drug-likeness (QED) is 0.934. The van der Waals surface area contributed by atoms with Crippen molar-refractivity contribution in [3.8, 4) is 0 Å². The van der Waals surface area contributed by atoms with Crippen molar-refractivity contribution >= 4 is 17.5 Å². The molecule has 0 spiro atoms. The summed E-state index contributed by atoms with van der Waals surface area (Å²) in [6.07, 6.45) is 0. The molecule has 24 heavy (non-hydrogen) atoms. The number of para-hydroxylation sites is 1. The zero-order valence-electron chi connectivity index (χ0n) is 13.6. The molecule has 1 aliphatic heterocycles. The van der Waals surface area contributed by atoms with Gasteiger partial charge in [0, 0.05) is 31.9 Å². The predicted octanol–water partition coefficient (Wildman–Crippen LogP) is 1.72. The second-order valence-corrected chi connectivity index (χ2v) is 5.82. The molecule has 0 atom stereocenters. The van der Waals surface area contributed by atoms with Gasteiger partial charge in [-0.2, -0.15) is 0 Å². The third-order valence-corrected chi connectivity index (χ3v) is 4.02. The van der Waals surface area contributed by atoms with Gasteiger partial charge in [-0.3, -0.25) is 9.59 Å². The highest BCUT2D eigenvalue weighted by atomic mass is 16.2. The third kappa shape index (κ3) is 3.78. The number of anilines is 1. The van der Waals surface area contributed by atoms with Gasteiger partial charge >= 0.3 is 0 Å². The van der Waals surface area contributed by atoms with Gasteiger partial charge in [0.2, 0.25) is 0 Å². The van der Waals surface area contributed by atoms with E-state index in [4.69, 9.17) is 0 Å². The van der Waals surface area contributed by atoms with Gasteiger partial charge in [-0.25, -0.2) is 4.98 Å². The lowest BCUT2D eigenvalue weighted by molar-refractivity contribution is 0.0658. The first-order chi connectivity index (χ1) is 11.6. The zero-order valence-corrected chi connectivity index (χ0v) is 13.6. The third-order valence-electron chi connectivity index (χ3n) is 4.02. The Morgan fingerprint density at radius 2 is 1.58 bits per heavy atom. The number of rotatable bonds is 3. The molecule has 2 amide bonds. The minimum absolute atomic E-state index is 0.127. The van der Waals surface area contributed by atoms with Gasteiger partial charge in [0.25, 0.3) is 11.8 Å². The number of carbonyl (C=O) groups excluding carboxylic acids is 2. The predicted molar refractivity (Wildman–Crippen MR) is 92.0 cm³/mol. The SMILES string of the molecule is CN1CCN(C(=O)c2cccc(C(=O)Nc3ccccc3)n2)CC1. The number of benzene rings is 1. The number of aromatic nitrogens is 1. The van der Waals surface area contributed by atoms with Crippen LogP contribution in [-0.4, -0.2) is 59.8 Å². The molecular weight excluding hydrogens is 304 g/mol. The molecule has 2 heterocycles. The maximum atomic E-state index is 12.6. The van der Waals surface area contributed by atoms with E-state index in [1.165, 1.54) is 0 Å². The van der Waals surface area contributed by atoms with Gasteiger partial charge in [0.05, 0.1) is 0 Å². The van der Waals surface area contributed by atoms with Gasteiger partial charge < -0.3 is 15.1 Å². The lowest BCUT2D eigenvalue weighted by Crippen LogP contribution is -2.47. The summed E-state index contributed by atoms with van der Waals surface area (Å²) in [7, 11) is 2.04. The molecule has 1 aromatic heterocycles. The molecule has 0 aliphatic carbocycles. The molecule has 1 fully saturated rings. The summed E-state index contributed by atoms with van der Waals surface area (Å²) in [4.78, 5) is 33.1. The van der Waals surface area contributed by atoms with Gasteiger partial charge in [0.1, 0.15) is 11.4 Å². The van der Waals surface area contributed by atoms with Crippen LogP contribution in [-0.2, 0) is 0 Å². The molecule has 124 valence electrons. The van der Waals surface area contributed by atoms with E-state index in [0.717, 1.165) is 13.1 Å². The van der Waals surface area contributed by atoms with Gasteiger partial charge in [0.15, 0.2) is 0 Å². The molecule has 0 bridgehead atoms. The van der Waals surface area contributed by atoms with Gasteiger partial charge in [-0.15, -0.1) is 0 Å². The minimum atomic E-state index is -0.325. The molecule has 0 saturated carbocycles. The molecule has 0 radical (unpaired) electrons. The molecule has 2 aromatic rings. The molecule has 1 aliphatic rings. The fourth-order valence-corrected chi connectivity index (χ4v) is 2.57. The number of carbonyl (C=O) groups is 2. The molecule has 0 unspecified atom stereocenters. The summed E-state index contributed by atoms with van der Waals surface area (Å²) in [6, 6.07) is 14.1. The molecular formula is C18H20N4O2. The Bertz CT molecular complexity index is 725. The Balaban J connectivity index is 1.71. The highest BCUT2D eigenvalue weighted by Crippen LogP contribution is 2.10. The van der Waals surface area contributed by atoms with Gasteiger partial charge in [-0.05, 0) is 31.3 Å². The van der Waals surface area contributed by atoms with Crippen LogP contribution in [0.15, 0.2) is 48.5 Å². The van der Waals surface area contributed by atoms with Crippen LogP contribution in [0.25, 0.3) is 0 Å². The molecule has 6 nitrogen and oxygen atoms in total. The van der Waals surface area contributed by atoms with Crippen LogP contribution >= 0.6 is 0 Å². The van der Waals surface area contributed by atoms with Crippen LogP contribution in [0.1, 0.15) is 21.0 Å². The molecule has 1 N–H and O–H groups in total. The van der Waals surface area contributed by atoms with Crippen molar-refractivity contribution in [3.05, 3.63) is 59.9 Å². The number of amides is 2. The lowest BCUT2D eigenvalue weighted by Gasteiger charge is -2.32. The van der Waals surface area contributed by atoms with E-state index in [1.807, 2.05) is 25.2 Å². The van der Waals surface area contributed by atoms with Crippen molar-refractivity contribution < 1.29 is 9.59 Å². The Hall–Kier alpha value is -2.73. The highest BCUT2D eigenvalue weighted by Gasteiger charge is 2.22. The van der Waals surface area contributed by atoms with Crippen LogP contribution in [0.4, 0.5) is 5.69 Å². The molecule has 3 rings (SSSR count). The van der Waals surface area contributed by atoms with E-state index in [-0.39, 0.29) is 17.5 Å². The average molecular weight is 324 g/mol. The monoisotopic (exact) mass is 324 g/mol. The van der Waals surface area contributed by atoms with Crippen molar-refractivity contribution in [2.24, 2.45) is 0 Å². The van der Waals surface area contributed by atoms with Crippen molar-refractivity contribution in [1.82, 2.24) is 14.8 Å². The standard InChI is InChI=1S/C18H20N4O2/c1-21-10-12-22(13-11-21)18(24)16-9-5-8-15(20-16)17(23)19-14-6-3-2-4-7-14/h2-9H,10-13H2,1H3,(H,19,23). The summed E-state index contributed by atoms with van der Waals surface area (Å²) in [5, 5.41) is 2.78. The summed E-state index contributed by atoms with van der Waals surface area (Å²) in [5.74, 6) is -0.452. The lowest BCUT2D eigenvalue weighted by atomic mass is 10.2. The number of piperazine rings is 1. The fraction of sp³-hybridized carbons (Fsp3) is 0.278. The van der Waals surface area contributed by atoms with Crippen molar-refractivity contribution in [2.75, 3.05) is 38.5 Å². The first kappa shape index (κ1) is 16.1. The maximum Gasteiger partial charge on any atom is 0.274 e. The number of likely N-dealkylation sites (N-methyl/N-ethyl adjacent to an activating group) is 1. The summed E-state index contributed by atoms with van der Waals surface area (Å²) < 4.78 is 0. The van der Waals surface area contributed by atoms with E-state index < -0.39 is 0 Å². The van der Waals surface area contributed by atoms with E-state index >= 15 is 0 Å². The number of hydrogen-bond donors (Lipinski definition) is 1. The Labute approximate surface area is 141 Å². The largest absolute Gasteiger partial charge is 0.335 e. The molecule has 1 aromatic carbocycles. The number of pyridine rings is 1. The number of nitrogens with one attached hydrogen (secondary N) is 1. The van der Waals surface area contributed by atoms with Gasteiger partial charge in [-0.1, -0.05) is 24.3 Å². The summed E-state index contributed by atoms with van der Waals surface area (Å²) >= 11 is 0. The normalized spacial score (nSPS) is 15.1. The second-order valence-electron chi connectivity index (χ2n) is 5.82. The summed E-state index contributed by atoms with van der Waals surface area (Å²) in [6.45, 7) is 3.05. The zero-order chi connectivity index (χ0) is 16.9. The number of hydrogen-bond acceptors (Lipinski definition) is 4. The molecule has 6 heteroatoms. The topological polar surface area (TPSA) is 65.5 Å². The van der Waals surface area contributed by atoms with E-state index in [2.05, 4.69) is 15.2 Å². The summed E-state index contributed by atoms with van der Waals surface area (Å²) in [5.41, 5.74) is 1.24. The Morgan fingerprint density at radius 1 is 0.917 bits per heavy atom. The molecule has 1 saturated heterocycles. The van der Waals surface area contributed by atoms with Crippen LogP contribution in [0, 0.1) is 0 Å². The highest BCUT2D eigenvalue weighted by molar-refractivity contribution is 6.03. The van der Waals surface area contributed by atoms with Crippen LogP contribution in [0.3, 0.4) is 0 Å². The second kappa shape index (κ2) is 7.23. The fourth-order valence-electron chi connectivity index (χ4n) is 2.57. The first-order valence-corrected chi connectivity index (χ1v) is 7.95. The van der Waals surface area contributed by atoms with Crippen molar-refractivity contribution in [3.63, 3.8) is 0 Å². The van der Waals surface area contributed by atoms with Crippen molar-refractivity contribution in [2.45, 2.75) is 0 Å². The maximum absolute atomic E-state index is 12.6. The van der Waals surface area contributed by atoms with E-state index in [0.29, 0.717) is 24.5 Å². The number of nitrogens with zero attached hydrogens (tertiary/aromatic N) is 3. The Kier molecular flexibility index (Phi) is 4.86. The van der Waals surface area contributed by atoms with Crippen LogP contribution < -0.4 is 5.32 Å². The van der Waals surface area contributed by atoms with E-state index in [9.17, 15) is 9.59 Å². The first-order valence-electron chi connectivity index (χ1n) is 7.95. The van der Waals surface area contributed by atoms with Crippen molar-refractivity contribution in [1.29, 1.82) is 0 Å². The average Bonchev–Trinajstić information content (AvgIpc) is 2.63. The van der Waals surface area contributed by atoms with E-state index in [1.54, 1.807) is 35.2 Å². The smallest absolute Gasteiger partial charge is 0.274 e. The Morgan fingerprint density at radius 3 is 2.29 bits per heavy atom. The minimum Gasteiger partial charge on any atom is -0.335 e. The van der Waals surface area contributed by atoms with Crippen LogP contribution in [0.5, 0.6) is 0 Å².